The van der Waals surface area contributed by atoms with E-state index in [1.165, 1.54) is 39.3 Å². The van der Waals surface area contributed by atoms with Crippen LogP contribution in [0.15, 0.2) is 47.1 Å². The van der Waals surface area contributed by atoms with E-state index in [2.05, 4.69) is 24.1 Å². The van der Waals surface area contributed by atoms with E-state index in [-0.39, 0.29) is 11.7 Å². The van der Waals surface area contributed by atoms with Crippen LogP contribution in [0.4, 0.5) is 15.1 Å². The first-order valence-corrected chi connectivity index (χ1v) is 10.6. The second-order valence-corrected chi connectivity index (χ2v) is 8.64. The Bertz CT molecular complexity index is 974. The fourth-order valence-corrected chi connectivity index (χ4v) is 4.79. The number of aryl methyl sites for hydroxylation is 1. The van der Waals surface area contributed by atoms with Gasteiger partial charge in [-0.3, -0.25) is 4.79 Å². The van der Waals surface area contributed by atoms with Gasteiger partial charge in [0.25, 0.3) is 5.91 Å². The second kappa shape index (κ2) is 8.39. The van der Waals surface area contributed by atoms with E-state index in [0.717, 1.165) is 43.4 Å². The summed E-state index contributed by atoms with van der Waals surface area (Å²) >= 11 is 1.62. The maximum Gasteiger partial charge on any atom is 0.291 e. The molecule has 0 unspecified atom stereocenters. The number of benzene rings is 1. The van der Waals surface area contributed by atoms with Crippen molar-refractivity contribution < 1.29 is 18.5 Å². The van der Waals surface area contributed by atoms with Gasteiger partial charge in [-0.2, -0.15) is 0 Å². The number of nitrogens with one attached hydrogen (secondary N) is 2. The Morgan fingerprint density at radius 1 is 1.21 bits per heavy atom. The number of amides is 1. The third-order valence-electron chi connectivity index (χ3n) is 5.57. The van der Waals surface area contributed by atoms with E-state index in [1.807, 2.05) is 12.1 Å². The van der Waals surface area contributed by atoms with Crippen molar-refractivity contribution in [3.63, 3.8) is 0 Å². The maximum absolute atomic E-state index is 13.2. The van der Waals surface area contributed by atoms with Gasteiger partial charge in [0.2, 0.25) is 0 Å². The van der Waals surface area contributed by atoms with Gasteiger partial charge in [-0.05, 0) is 55.8 Å². The highest BCUT2D eigenvalue weighted by atomic mass is 32.1. The highest BCUT2D eigenvalue weighted by Crippen LogP contribution is 2.32. The number of anilines is 2. The molecule has 2 N–H and O–H groups in total. The lowest BCUT2D eigenvalue weighted by molar-refractivity contribution is -0.914. The molecule has 1 amide bonds. The molecule has 0 saturated carbocycles. The SMILES string of the molecule is Cc1sc(NC(=O)c2ccco2)c(C[NH+]2CCN(c3ccc(F)cc3)CC2)c1C. The van der Waals surface area contributed by atoms with E-state index in [0.29, 0.717) is 5.76 Å². The second-order valence-electron chi connectivity index (χ2n) is 7.41. The number of carbonyl (C=O) groups is 1. The van der Waals surface area contributed by atoms with Crippen molar-refractivity contribution in [1.82, 2.24) is 0 Å². The quantitative estimate of drug-likeness (QED) is 0.674. The molecule has 0 atom stereocenters. The number of hydrogen-bond donors (Lipinski definition) is 2. The predicted octanol–water partition coefficient (Wildman–Crippen LogP) is 3.25. The molecule has 0 spiro atoms. The number of halogens is 1. The van der Waals surface area contributed by atoms with Crippen LogP contribution in [-0.4, -0.2) is 32.1 Å². The third-order valence-corrected chi connectivity index (χ3v) is 6.74. The Hall–Kier alpha value is -2.64. The average Bonchev–Trinajstić information content (AvgIpc) is 3.34. The summed E-state index contributed by atoms with van der Waals surface area (Å²) in [6.45, 7) is 8.94. The van der Waals surface area contributed by atoms with Crippen molar-refractivity contribution in [2.24, 2.45) is 0 Å². The van der Waals surface area contributed by atoms with Crippen molar-refractivity contribution in [1.29, 1.82) is 0 Å². The van der Waals surface area contributed by atoms with Gasteiger partial charge in [0, 0.05) is 16.1 Å². The van der Waals surface area contributed by atoms with Crippen molar-refractivity contribution in [2.75, 3.05) is 36.4 Å². The molecule has 152 valence electrons. The number of furan rings is 1. The first-order valence-electron chi connectivity index (χ1n) is 9.79. The average molecular weight is 415 g/mol. The third kappa shape index (κ3) is 4.36. The molecule has 1 saturated heterocycles. The number of rotatable bonds is 5. The van der Waals surface area contributed by atoms with Gasteiger partial charge in [-0.15, -0.1) is 11.3 Å². The summed E-state index contributed by atoms with van der Waals surface area (Å²) in [4.78, 5) is 17.4. The fourth-order valence-electron chi connectivity index (χ4n) is 3.72. The highest BCUT2D eigenvalue weighted by molar-refractivity contribution is 7.16. The zero-order chi connectivity index (χ0) is 20.4. The van der Waals surface area contributed by atoms with Gasteiger partial charge in [-0.25, -0.2) is 4.39 Å². The number of nitrogens with zero attached hydrogens (tertiary/aromatic N) is 1. The predicted molar refractivity (Wildman–Crippen MR) is 113 cm³/mol. The minimum Gasteiger partial charge on any atom is -0.459 e. The van der Waals surface area contributed by atoms with Crippen LogP contribution in [0, 0.1) is 19.7 Å². The Morgan fingerprint density at radius 3 is 2.59 bits per heavy atom. The molecule has 1 aliphatic rings. The Labute approximate surface area is 173 Å². The summed E-state index contributed by atoms with van der Waals surface area (Å²) in [5.41, 5.74) is 3.52. The molecule has 3 heterocycles. The number of thiophene rings is 1. The molecule has 1 aromatic carbocycles. The molecule has 7 heteroatoms. The molecule has 4 rings (SSSR count). The van der Waals surface area contributed by atoms with Crippen molar-refractivity contribution >= 4 is 27.9 Å². The first kappa shape index (κ1) is 19.7. The molecule has 29 heavy (non-hydrogen) atoms. The van der Waals surface area contributed by atoms with Gasteiger partial charge in [0.1, 0.15) is 17.4 Å². The fraction of sp³-hybridized carbons (Fsp3) is 0.318. The summed E-state index contributed by atoms with van der Waals surface area (Å²) in [5, 5.41) is 3.94. The summed E-state index contributed by atoms with van der Waals surface area (Å²) in [7, 11) is 0. The van der Waals surface area contributed by atoms with Crippen LogP contribution in [0.3, 0.4) is 0 Å². The van der Waals surface area contributed by atoms with Crippen LogP contribution in [-0.2, 0) is 6.54 Å². The lowest BCUT2D eigenvalue weighted by Gasteiger charge is -2.33. The Kier molecular flexibility index (Phi) is 5.69. The standard InChI is InChI=1S/C22H24FN3O2S/c1-15-16(2)29-22(24-21(27)20-4-3-13-28-20)19(15)14-25-9-11-26(12-10-25)18-7-5-17(23)6-8-18/h3-8,13H,9-12,14H2,1-2H3,(H,24,27)/p+1. The van der Waals surface area contributed by atoms with Crippen LogP contribution in [0.25, 0.3) is 0 Å². The van der Waals surface area contributed by atoms with Gasteiger partial charge >= 0.3 is 0 Å². The van der Waals surface area contributed by atoms with Crippen LogP contribution < -0.4 is 15.1 Å². The molecule has 5 nitrogen and oxygen atoms in total. The van der Waals surface area contributed by atoms with Gasteiger partial charge < -0.3 is 19.5 Å². The number of piperazine rings is 1. The number of carbonyl (C=O) groups excluding carboxylic acids is 1. The summed E-state index contributed by atoms with van der Waals surface area (Å²) in [6, 6.07) is 10.1. The summed E-state index contributed by atoms with van der Waals surface area (Å²) in [5.74, 6) is -0.0982. The summed E-state index contributed by atoms with van der Waals surface area (Å²) < 4.78 is 18.4. The smallest absolute Gasteiger partial charge is 0.291 e. The molecule has 2 aromatic heterocycles. The van der Waals surface area contributed by atoms with E-state index >= 15 is 0 Å². The number of hydrogen-bond acceptors (Lipinski definition) is 4. The zero-order valence-corrected chi connectivity index (χ0v) is 17.4. The van der Waals surface area contributed by atoms with Crippen LogP contribution >= 0.6 is 11.3 Å². The van der Waals surface area contributed by atoms with Crippen molar-refractivity contribution in [3.8, 4) is 0 Å². The van der Waals surface area contributed by atoms with Gasteiger partial charge in [0.05, 0.1) is 32.4 Å². The molecular weight excluding hydrogens is 389 g/mol. The molecule has 0 bridgehead atoms. The minimum absolute atomic E-state index is 0.203. The van der Waals surface area contributed by atoms with E-state index in [4.69, 9.17) is 4.42 Å². The van der Waals surface area contributed by atoms with Gasteiger partial charge in [0.15, 0.2) is 5.76 Å². The lowest BCUT2D eigenvalue weighted by Crippen LogP contribution is -3.13. The van der Waals surface area contributed by atoms with Gasteiger partial charge in [-0.1, -0.05) is 0 Å². The highest BCUT2D eigenvalue weighted by Gasteiger charge is 2.24. The Morgan fingerprint density at radius 2 is 1.93 bits per heavy atom. The van der Waals surface area contributed by atoms with Crippen molar-refractivity contribution in [2.45, 2.75) is 20.4 Å². The maximum atomic E-state index is 13.2. The molecule has 3 aromatic rings. The van der Waals surface area contributed by atoms with Crippen LogP contribution in [0.2, 0.25) is 0 Å². The van der Waals surface area contributed by atoms with Crippen molar-refractivity contribution in [3.05, 3.63) is 70.2 Å². The monoisotopic (exact) mass is 414 g/mol. The first-order chi connectivity index (χ1) is 14.0. The Balaban J connectivity index is 1.42. The number of quaternary nitrogens is 1. The summed E-state index contributed by atoms with van der Waals surface area (Å²) in [6.07, 6.45) is 1.51. The lowest BCUT2D eigenvalue weighted by atomic mass is 10.1. The zero-order valence-electron chi connectivity index (χ0n) is 16.6. The molecule has 1 fully saturated rings. The molecule has 0 aliphatic carbocycles. The van der Waals surface area contributed by atoms with Crippen LogP contribution in [0.1, 0.15) is 26.6 Å². The molecular formula is C22H25FN3O2S+. The van der Waals surface area contributed by atoms with E-state index < -0.39 is 0 Å². The molecule has 1 aliphatic heterocycles. The minimum atomic E-state index is -0.214. The molecule has 0 radical (unpaired) electrons. The normalized spacial score (nSPS) is 14.9. The van der Waals surface area contributed by atoms with E-state index in [1.54, 1.807) is 23.5 Å². The topological polar surface area (TPSA) is 49.9 Å². The van der Waals surface area contributed by atoms with E-state index in [9.17, 15) is 9.18 Å². The van der Waals surface area contributed by atoms with Crippen LogP contribution in [0.5, 0.6) is 0 Å². The largest absolute Gasteiger partial charge is 0.459 e.